The van der Waals surface area contributed by atoms with Crippen molar-refractivity contribution in [1.82, 2.24) is 19.5 Å². The third-order valence-corrected chi connectivity index (χ3v) is 9.19. The van der Waals surface area contributed by atoms with Gasteiger partial charge in [-0.05, 0) is 69.1 Å². The van der Waals surface area contributed by atoms with Gasteiger partial charge in [0.2, 0.25) is 15.9 Å². The third kappa shape index (κ3) is 8.53. The number of benzene rings is 2. The van der Waals surface area contributed by atoms with Crippen LogP contribution < -0.4 is 20.5 Å². The number of hydrogen-bond donors (Lipinski definition) is 3. The molecule has 2 heterocycles. The lowest BCUT2D eigenvalue weighted by molar-refractivity contribution is 0.0996. The third-order valence-electron chi connectivity index (χ3n) is 7.76. The zero-order valence-electron chi connectivity index (χ0n) is 25.5. The fraction of sp³-hybridized carbons (Fsp3) is 0.387. The van der Waals surface area contributed by atoms with Crippen LogP contribution in [0.25, 0.3) is 0 Å². The maximum atomic E-state index is 14.4. The van der Waals surface area contributed by atoms with Gasteiger partial charge in [-0.25, -0.2) is 31.7 Å². The van der Waals surface area contributed by atoms with Crippen molar-refractivity contribution < 1.29 is 31.5 Å². The summed E-state index contributed by atoms with van der Waals surface area (Å²) in [6.07, 6.45) is 3.00. The molecular weight excluding hydrogens is 606 g/mol. The number of carbonyl (C=O) groups excluding carboxylic acids is 2. The smallest absolute Gasteiger partial charge is 0.322 e. The summed E-state index contributed by atoms with van der Waals surface area (Å²) in [5.74, 6) is -2.29. The number of nitrogens with two attached hydrogens (primary N) is 1. The van der Waals surface area contributed by atoms with E-state index in [-0.39, 0.29) is 16.6 Å². The van der Waals surface area contributed by atoms with Gasteiger partial charge in [-0.1, -0.05) is 19.4 Å². The molecule has 0 saturated carbocycles. The van der Waals surface area contributed by atoms with Gasteiger partial charge in [-0.2, -0.15) is 0 Å². The molecule has 45 heavy (non-hydrogen) atoms. The molecule has 2 aromatic carbocycles. The van der Waals surface area contributed by atoms with Crippen LogP contribution in [0.5, 0.6) is 11.6 Å². The Morgan fingerprint density at radius 3 is 2.38 bits per heavy atom. The minimum Gasteiger partial charge on any atom is -0.439 e. The van der Waals surface area contributed by atoms with Crippen molar-refractivity contribution in [3.05, 3.63) is 77.0 Å². The van der Waals surface area contributed by atoms with E-state index >= 15 is 0 Å². The standard InChI is InChI=1S/C31H38F2N6O5S/c1-4-5-14-39(31(41)37-28-17-25(30(34)40)26(32)18-27(28)33)22-12-15-38(16-13-22)19-21-6-11-29(36-20(21)2)44-23-7-9-24(10-8-23)45(42,43)35-3/h6-11,17-18,22,35H,4-5,12-16,19H2,1-3H3,(H2,34,40)(H,37,41). The summed E-state index contributed by atoms with van der Waals surface area (Å²) < 4.78 is 60.3. The largest absolute Gasteiger partial charge is 0.439 e. The molecule has 242 valence electrons. The first-order valence-corrected chi connectivity index (χ1v) is 16.2. The second-order valence-corrected chi connectivity index (χ2v) is 12.7. The second-order valence-electron chi connectivity index (χ2n) is 10.8. The van der Waals surface area contributed by atoms with Gasteiger partial charge in [-0.15, -0.1) is 0 Å². The molecule has 1 aliphatic rings. The number of hydrogen-bond acceptors (Lipinski definition) is 7. The van der Waals surface area contributed by atoms with E-state index in [1.807, 2.05) is 19.9 Å². The highest BCUT2D eigenvalue weighted by Gasteiger charge is 2.29. The molecule has 1 aliphatic heterocycles. The van der Waals surface area contributed by atoms with Crippen LogP contribution in [-0.2, 0) is 16.6 Å². The summed E-state index contributed by atoms with van der Waals surface area (Å²) in [6.45, 7) is 6.47. The number of sulfonamides is 1. The van der Waals surface area contributed by atoms with E-state index < -0.39 is 39.2 Å². The molecular formula is C31H38F2N6O5S. The zero-order chi connectivity index (χ0) is 32.7. The van der Waals surface area contributed by atoms with Crippen LogP contribution in [0.3, 0.4) is 0 Å². The first-order valence-electron chi connectivity index (χ1n) is 14.7. The molecule has 0 aliphatic carbocycles. The number of pyridine rings is 1. The Balaban J connectivity index is 1.36. The van der Waals surface area contributed by atoms with Crippen LogP contribution in [0.1, 0.15) is 54.2 Å². The predicted molar refractivity (Wildman–Crippen MR) is 166 cm³/mol. The number of anilines is 1. The number of ether oxygens (including phenoxy) is 1. The molecule has 1 fully saturated rings. The molecule has 1 saturated heterocycles. The van der Waals surface area contributed by atoms with Crippen LogP contribution in [0.4, 0.5) is 19.3 Å². The van der Waals surface area contributed by atoms with E-state index in [1.54, 1.807) is 23.1 Å². The number of rotatable bonds is 12. The average molecular weight is 645 g/mol. The average Bonchev–Trinajstić information content (AvgIpc) is 3.01. The number of nitrogens with zero attached hydrogens (tertiary/aromatic N) is 3. The molecule has 0 unspecified atom stereocenters. The maximum absolute atomic E-state index is 14.4. The quantitative estimate of drug-likeness (QED) is 0.258. The van der Waals surface area contributed by atoms with Crippen molar-refractivity contribution in [2.75, 3.05) is 32.0 Å². The SMILES string of the molecule is CCCCN(C(=O)Nc1cc(C(N)=O)c(F)cc1F)C1CCN(Cc2ccc(Oc3ccc(S(=O)(=O)NC)cc3)nc2C)CC1. The predicted octanol–water partition coefficient (Wildman–Crippen LogP) is 4.77. The van der Waals surface area contributed by atoms with Gasteiger partial charge in [0, 0.05) is 50.0 Å². The summed E-state index contributed by atoms with van der Waals surface area (Å²) in [5, 5.41) is 2.51. The van der Waals surface area contributed by atoms with Crippen LogP contribution in [0.2, 0.25) is 0 Å². The van der Waals surface area contributed by atoms with Gasteiger partial charge >= 0.3 is 6.03 Å². The Kier molecular flexibility index (Phi) is 11.1. The molecule has 1 aromatic heterocycles. The van der Waals surface area contributed by atoms with Gasteiger partial charge < -0.3 is 20.7 Å². The number of amides is 3. The first-order chi connectivity index (χ1) is 21.4. The van der Waals surface area contributed by atoms with E-state index in [1.165, 1.54) is 19.2 Å². The number of nitrogens with one attached hydrogen (secondary N) is 2. The van der Waals surface area contributed by atoms with Crippen LogP contribution in [0.15, 0.2) is 53.4 Å². The summed E-state index contributed by atoms with van der Waals surface area (Å²) in [4.78, 5) is 33.4. The summed E-state index contributed by atoms with van der Waals surface area (Å²) in [7, 11) is -2.19. The summed E-state index contributed by atoms with van der Waals surface area (Å²) in [5.41, 5.74) is 6.20. The molecule has 0 bridgehead atoms. The molecule has 0 atom stereocenters. The fourth-order valence-electron chi connectivity index (χ4n) is 5.15. The minimum atomic E-state index is -3.54. The number of unbranched alkanes of at least 4 members (excludes halogenated alkanes) is 1. The van der Waals surface area contributed by atoms with Crippen molar-refractivity contribution in [1.29, 1.82) is 0 Å². The van der Waals surface area contributed by atoms with E-state index in [0.717, 1.165) is 43.3 Å². The summed E-state index contributed by atoms with van der Waals surface area (Å²) in [6, 6.07) is 10.6. The Labute approximate surface area is 261 Å². The van der Waals surface area contributed by atoms with Crippen molar-refractivity contribution in [2.24, 2.45) is 5.73 Å². The molecule has 14 heteroatoms. The van der Waals surface area contributed by atoms with Gasteiger partial charge in [-0.3, -0.25) is 9.69 Å². The Bertz CT molecular complexity index is 1630. The van der Waals surface area contributed by atoms with E-state index in [9.17, 15) is 26.8 Å². The van der Waals surface area contributed by atoms with E-state index in [2.05, 4.69) is 19.9 Å². The normalized spacial score (nSPS) is 14.2. The number of halogens is 2. The highest BCUT2D eigenvalue weighted by atomic mass is 32.2. The number of likely N-dealkylation sites (tertiary alicyclic amines) is 1. The lowest BCUT2D eigenvalue weighted by atomic mass is 10.0. The molecule has 3 amide bonds. The highest BCUT2D eigenvalue weighted by molar-refractivity contribution is 7.89. The molecule has 3 aromatic rings. The first kappa shape index (κ1) is 33.7. The van der Waals surface area contributed by atoms with Crippen molar-refractivity contribution >= 4 is 27.6 Å². The Morgan fingerprint density at radius 1 is 1.09 bits per heavy atom. The van der Waals surface area contributed by atoms with Crippen molar-refractivity contribution in [3.63, 3.8) is 0 Å². The number of aromatic nitrogens is 1. The number of primary amides is 1. The lowest BCUT2D eigenvalue weighted by Crippen LogP contribution is -2.49. The molecule has 4 rings (SSSR count). The Hall–Kier alpha value is -4.14. The Morgan fingerprint density at radius 2 is 1.78 bits per heavy atom. The van der Waals surface area contributed by atoms with Gasteiger partial charge in [0.25, 0.3) is 5.91 Å². The number of carbonyl (C=O) groups is 2. The topological polar surface area (TPSA) is 147 Å². The zero-order valence-corrected chi connectivity index (χ0v) is 26.3. The fourth-order valence-corrected chi connectivity index (χ4v) is 5.88. The highest BCUT2D eigenvalue weighted by Crippen LogP contribution is 2.26. The van der Waals surface area contributed by atoms with E-state index in [4.69, 9.17) is 10.5 Å². The van der Waals surface area contributed by atoms with Gasteiger partial charge in [0.1, 0.15) is 17.4 Å². The number of aryl methyl sites for hydroxylation is 1. The van der Waals surface area contributed by atoms with E-state index in [0.29, 0.717) is 43.6 Å². The number of piperidine rings is 1. The minimum absolute atomic E-state index is 0.0867. The van der Waals surface area contributed by atoms with Crippen molar-refractivity contribution in [2.45, 2.75) is 57.0 Å². The lowest BCUT2D eigenvalue weighted by Gasteiger charge is -2.38. The monoisotopic (exact) mass is 644 g/mol. The molecule has 4 N–H and O–H groups in total. The van der Waals surface area contributed by atoms with Crippen LogP contribution in [-0.4, -0.2) is 67.9 Å². The molecule has 0 radical (unpaired) electrons. The van der Waals surface area contributed by atoms with Crippen LogP contribution in [0, 0.1) is 18.6 Å². The number of urea groups is 1. The van der Waals surface area contributed by atoms with Gasteiger partial charge in [0.05, 0.1) is 16.1 Å². The maximum Gasteiger partial charge on any atom is 0.322 e. The molecule has 0 spiro atoms. The van der Waals surface area contributed by atoms with Crippen LogP contribution >= 0.6 is 0 Å². The van der Waals surface area contributed by atoms with Gasteiger partial charge in [0.15, 0.2) is 0 Å². The second kappa shape index (κ2) is 14.8. The summed E-state index contributed by atoms with van der Waals surface area (Å²) >= 11 is 0. The van der Waals surface area contributed by atoms with Crippen molar-refractivity contribution in [3.8, 4) is 11.6 Å². The molecule has 11 nitrogen and oxygen atoms in total.